The van der Waals surface area contributed by atoms with E-state index >= 15 is 0 Å². The van der Waals surface area contributed by atoms with Crippen molar-refractivity contribution in [2.75, 3.05) is 49.7 Å². The van der Waals surface area contributed by atoms with Gasteiger partial charge in [0.1, 0.15) is 17.3 Å². The summed E-state index contributed by atoms with van der Waals surface area (Å²) in [5.41, 5.74) is 1.06. The predicted octanol–water partition coefficient (Wildman–Crippen LogP) is 2.97. The third kappa shape index (κ3) is 4.89. The van der Waals surface area contributed by atoms with Crippen molar-refractivity contribution in [2.45, 2.75) is 13.8 Å². The summed E-state index contributed by atoms with van der Waals surface area (Å²) in [5.74, 6) is 1.89. The fraction of sp³-hybridized carbons (Fsp3) is 0.400. The van der Waals surface area contributed by atoms with Gasteiger partial charge < -0.3 is 24.4 Å². The molecule has 0 spiro atoms. The molecule has 1 aliphatic rings. The van der Waals surface area contributed by atoms with Crippen molar-refractivity contribution in [3.8, 4) is 11.5 Å². The molecular formula is C20H25N3O4. The second-order valence-corrected chi connectivity index (χ2v) is 5.98. The molecule has 7 nitrogen and oxygen atoms in total. The number of aromatic nitrogens is 1. The van der Waals surface area contributed by atoms with Gasteiger partial charge in [-0.2, -0.15) is 0 Å². The Morgan fingerprint density at radius 2 is 1.93 bits per heavy atom. The minimum absolute atomic E-state index is 0.245. The first kappa shape index (κ1) is 19.0. The fourth-order valence-corrected chi connectivity index (χ4v) is 2.84. The third-order valence-electron chi connectivity index (χ3n) is 4.16. The van der Waals surface area contributed by atoms with Crippen LogP contribution >= 0.6 is 0 Å². The molecule has 3 rings (SSSR count). The standard InChI is InChI=1S/C20H25N3O4/c1-3-26-16-6-7-18(27-4-2)17(13-16)22-20(24)15-5-8-19(21-14-15)23-9-11-25-12-10-23/h5-8,13-14H,3-4,9-12H2,1-2H3,(H,22,24). The van der Waals surface area contributed by atoms with E-state index in [2.05, 4.69) is 15.2 Å². The van der Waals surface area contributed by atoms with Gasteiger partial charge in [0.25, 0.3) is 5.91 Å². The number of hydrogen-bond acceptors (Lipinski definition) is 6. The summed E-state index contributed by atoms with van der Waals surface area (Å²) in [6.45, 7) is 7.87. The van der Waals surface area contributed by atoms with E-state index in [9.17, 15) is 4.79 Å². The highest BCUT2D eigenvalue weighted by atomic mass is 16.5. The van der Waals surface area contributed by atoms with E-state index in [1.54, 1.807) is 24.4 Å². The fourth-order valence-electron chi connectivity index (χ4n) is 2.84. The number of amides is 1. The van der Waals surface area contributed by atoms with Gasteiger partial charge in [0.2, 0.25) is 0 Å². The van der Waals surface area contributed by atoms with E-state index in [-0.39, 0.29) is 5.91 Å². The summed E-state index contributed by atoms with van der Waals surface area (Å²) in [5, 5.41) is 2.89. The van der Waals surface area contributed by atoms with E-state index in [1.165, 1.54) is 0 Å². The Morgan fingerprint density at radius 1 is 1.15 bits per heavy atom. The Hall–Kier alpha value is -2.80. The molecule has 0 atom stereocenters. The van der Waals surface area contributed by atoms with Gasteiger partial charge in [-0.25, -0.2) is 4.98 Å². The van der Waals surface area contributed by atoms with Crippen LogP contribution < -0.4 is 19.7 Å². The highest BCUT2D eigenvalue weighted by Crippen LogP contribution is 2.30. The van der Waals surface area contributed by atoms with Crippen molar-refractivity contribution in [1.29, 1.82) is 0 Å². The summed E-state index contributed by atoms with van der Waals surface area (Å²) in [6, 6.07) is 9.02. The Bertz CT molecular complexity index is 758. The number of ether oxygens (including phenoxy) is 3. The molecule has 144 valence electrons. The van der Waals surface area contributed by atoms with Crippen LogP contribution in [0.1, 0.15) is 24.2 Å². The molecule has 7 heteroatoms. The molecule has 1 fully saturated rings. The number of carbonyl (C=O) groups excluding carboxylic acids is 1. The lowest BCUT2D eigenvalue weighted by molar-refractivity contribution is 0.102. The average molecular weight is 371 g/mol. The number of nitrogens with zero attached hydrogens (tertiary/aromatic N) is 2. The molecule has 0 aliphatic carbocycles. The zero-order valence-corrected chi connectivity index (χ0v) is 15.7. The molecule has 0 bridgehead atoms. The predicted molar refractivity (Wildman–Crippen MR) is 104 cm³/mol. The topological polar surface area (TPSA) is 72.9 Å². The number of nitrogens with one attached hydrogen (secondary N) is 1. The van der Waals surface area contributed by atoms with Gasteiger partial charge in [-0.3, -0.25) is 4.79 Å². The van der Waals surface area contributed by atoms with Crippen LogP contribution in [0.2, 0.25) is 0 Å². The van der Waals surface area contributed by atoms with Gasteiger partial charge >= 0.3 is 0 Å². The molecule has 1 amide bonds. The van der Waals surface area contributed by atoms with Crippen molar-refractivity contribution in [3.05, 3.63) is 42.1 Å². The van der Waals surface area contributed by atoms with Crippen molar-refractivity contribution in [3.63, 3.8) is 0 Å². The lowest BCUT2D eigenvalue weighted by atomic mass is 10.2. The van der Waals surface area contributed by atoms with Crippen LogP contribution in [0.5, 0.6) is 11.5 Å². The number of pyridine rings is 1. The third-order valence-corrected chi connectivity index (χ3v) is 4.16. The lowest BCUT2D eigenvalue weighted by Crippen LogP contribution is -2.36. The number of morpholine rings is 1. The Morgan fingerprint density at radius 3 is 2.59 bits per heavy atom. The van der Waals surface area contributed by atoms with Gasteiger partial charge in [0.05, 0.1) is 37.7 Å². The van der Waals surface area contributed by atoms with Crippen LogP contribution in [0.25, 0.3) is 0 Å². The average Bonchev–Trinajstić information content (AvgIpc) is 2.71. The summed E-state index contributed by atoms with van der Waals surface area (Å²) in [6.07, 6.45) is 1.59. The van der Waals surface area contributed by atoms with Crippen LogP contribution in [0.4, 0.5) is 11.5 Å². The van der Waals surface area contributed by atoms with Crippen molar-refractivity contribution in [2.24, 2.45) is 0 Å². The first-order valence-electron chi connectivity index (χ1n) is 9.21. The first-order valence-corrected chi connectivity index (χ1v) is 9.21. The van der Waals surface area contributed by atoms with Crippen LogP contribution in [-0.2, 0) is 4.74 Å². The highest BCUT2D eigenvalue weighted by molar-refractivity contribution is 6.05. The maximum absolute atomic E-state index is 12.6. The van der Waals surface area contributed by atoms with Gasteiger partial charge in [0.15, 0.2) is 0 Å². The molecule has 2 heterocycles. The van der Waals surface area contributed by atoms with E-state index in [4.69, 9.17) is 14.2 Å². The SMILES string of the molecule is CCOc1ccc(OCC)c(NC(=O)c2ccc(N3CCOCC3)nc2)c1. The van der Waals surface area contributed by atoms with Crippen molar-refractivity contribution < 1.29 is 19.0 Å². The Kier molecular flexibility index (Phi) is 6.49. The molecule has 1 aromatic heterocycles. The molecule has 1 aliphatic heterocycles. The van der Waals surface area contributed by atoms with Gasteiger partial charge in [0, 0.05) is 25.4 Å². The van der Waals surface area contributed by atoms with Gasteiger partial charge in [-0.05, 0) is 38.1 Å². The molecule has 0 saturated carbocycles. The van der Waals surface area contributed by atoms with E-state index in [0.717, 1.165) is 18.9 Å². The Balaban J connectivity index is 1.73. The number of benzene rings is 1. The summed E-state index contributed by atoms with van der Waals surface area (Å²) < 4.78 is 16.5. The largest absolute Gasteiger partial charge is 0.494 e. The number of rotatable bonds is 7. The number of carbonyl (C=O) groups is 1. The van der Waals surface area contributed by atoms with Crippen molar-refractivity contribution in [1.82, 2.24) is 4.98 Å². The zero-order valence-electron chi connectivity index (χ0n) is 15.7. The van der Waals surface area contributed by atoms with Crippen LogP contribution in [-0.4, -0.2) is 50.4 Å². The molecule has 27 heavy (non-hydrogen) atoms. The molecule has 0 radical (unpaired) electrons. The van der Waals surface area contributed by atoms with E-state index in [1.807, 2.05) is 26.0 Å². The normalized spacial score (nSPS) is 13.9. The zero-order chi connectivity index (χ0) is 19.1. The molecule has 1 saturated heterocycles. The number of anilines is 2. The monoisotopic (exact) mass is 371 g/mol. The second kappa shape index (κ2) is 9.23. The second-order valence-electron chi connectivity index (χ2n) is 5.98. The molecule has 1 N–H and O–H groups in total. The van der Waals surface area contributed by atoms with Crippen LogP contribution in [0, 0.1) is 0 Å². The summed E-state index contributed by atoms with van der Waals surface area (Å²) in [7, 11) is 0. The quantitative estimate of drug-likeness (QED) is 0.807. The van der Waals surface area contributed by atoms with Gasteiger partial charge in [-0.1, -0.05) is 0 Å². The highest BCUT2D eigenvalue weighted by Gasteiger charge is 2.15. The molecular weight excluding hydrogens is 346 g/mol. The van der Waals surface area contributed by atoms with Gasteiger partial charge in [-0.15, -0.1) is 0 Å². The maximum Gasteiger partial charge on any atom is 0.257 e. The molecule has 2 aromatic rings. The summed E-state index contributed by atoms with van der Waals surface area (Å²) in [4.78, 5) is 19.2. The maximum atomic E-state index is 12.6. The van der Waals surface area contributed by atoms with E-state index < -0.39 is 0 Å². The summed E-state index contributed by atoms with van der Waals surface area (Å²) >= 11 is 0. The molecule has 0 unspecified atom stereocenters. The number of hydrogen-bond donors (Lipinski definition) is 1. The van der Waals surface area contributed by atoms with E-state index in [0.29, 0.717) is 49.2 Å². The van der Waals surface area contributed by atoms with Crippen LogP contribution in [0.15, 0.2) is 36.5 Å². The first-order chi connectivity index (χ1) is 13.2. The lowest BCUT2D eigenvalue weighted by Gasteiger charge is -2.27. The van der Waals surface area contributed by atoms with Crippen LogP contribution in [0.3, 0.4) is 0 Å². The molecule has 1 aromatic carbocycles. The van der Waals surface area contributed by atoms with Crippen molar-refractivity contribution >= 4 is 17.4 Å². The minimum atomic E-state index is -0.245. The Labute approximate surface area is 159 Å². The minimum Gasteiger partial charge on any atom is -0.494 e. The smallest absolute Gasteiger partial charge is 0.257 e.